The van der Waals surface area contributed by atoms with E-state index in [1.807, 2.05) is 24.3 Å². The first kappa shape index (κ1) is 17.8. The second-order valence-corrected chi connectivity index (χ2v) is 7.14. The molecule has 0 spiro atoms. The summed E-state index contributed by atoms with van der Waals surface area (Å²) in [5, 5.41) is 4.13. The zero-order chi connectivity index (χ0) is 17.8. The quantitative estimate of drug-likeness (QED) is 0.691. The van der Waals surface area contributed by atoms with Crippen LogP contribution in [-0.2, 0) is 13.1 Å². The van der Waals surface area contributed by atoms with Crippen LogP contribution in [0.3, 0.4) is 0 Å². The Balaban J connectivity index is 1.82. The first-order valence-electron chi connectivity index (χ1n) is 8.59. The van der Waals surface area contributed by atoms with Gasteiger partial charge in [0.2, 0.25) is 5.82 Å². The van der Waals surface area contributed by atoms with E-state index in [-0.39, 0.29) is 0 Å². The minimum atomic E-state index is 0.529. The van der Waals surface area contributed by atoms with Gasteiger partial charge in [0.05, 0.1) is 4.88 Å². The number of rotatable bonds is 7. The molecule has 0 aliphatic carbocycles. The number of thiophene rings is 1. The van der Waals surface area contributed by atoms with Crippen LogP contribution in [0.1, 0.15) is 29.9 Å². The van der Waals surface area contributed by atoms with E-state index in [0.29, 0.717) is 18.3 Å². The van der Waals surface area contributed by atoms with E-state index in [2.05, 4.69) is 41.9 Å². The van der Waals surface area contributed by atoms with Gasteiger partial charge in [0, 0.05) is 23.5 Å². The maximum atomic E-state index is 5.64. The minimum absolute atomic E-state index is 0.529. The van der Waals surface area contributed by atoms with Crippen molar-refractivity contribution in [3.05, 3.63) is 46.3 Å². The molecule has 3 aromatic rings. The Kier molecular flexibility index (Phi) is 5.63. The Morgan fingerprint density at radius 1 is 1.16 bits per heavy atom. The lowest BCUT2D eigenvalue weighted by Crippen LogP contribution is -2.21. The lowest BCUT2D eigenvalue weighted by atomic mass is 10.1. The fourth-order valence-corrected chi connectivity index (χ4v) is 3.80. The molecule has 0 aliphatic rings. The molecule has 2 aromatic heterocycles. The van der Waals surface area contributed by atoms with E-state index in [1.54, 1.807) is 11.3 Å². The van der Waals surface area contributed by atoms with Crippen molar-refractivity contribution in [1.29, 1.82) is 0 Å². The van der Waals surface area contributed by atoms with Crippen LogP contribution in [0.2, 0.25) is 0 Å². The molecule has 0 saturated carbocycles. The maximum absolute atomic E-state index is 5.64. The van der Waals surface area contributed by atoms with Gasteiger partial charge in [-0.3, -0.25) is 4.90 Å². The standard InChI is InChI=1S/C19H24N4OS/c1-4-23(5-2)12-17-13(3)10-16(25-17)19-21-18(22-24-19)15-8-6-14(11-20)7-9-15/h6-10H,4-5,11-12,20H2,1-3H3. The predicted octanol–water partition coefficient (Wildman–Crippen LogP) is 4.07. The second kappa shape index (κ2) is 7.91. The van der Waals surface area contributed by atoms with Crippen LogP contribution in [0.15, 0.2) is 34.9 Å². The first-order valence-corrected chi connectivity index (χ1v) is 9.41. The Labute approximate surface area is 152 Å². The molecule has 1 aromatic carbocycles. The van der Waals surface area contributed by atoms with E-state index in [9.17, 15) is 0 Å². The number of aryl methyl sites for hydroxylation is 1. The maximum Gasteiger partial charge on any atom is 0.268 e. The molecule has 2 heterocycles. The molecule has 0 fully saturated rings. The number of hydrogen-bond donors (Lipinski definition) is 1. The first-order chi connectivity index (χ1) is 12.1. The average Bonchev–Trinajstić information content (AvgIpc) is 3.27. The van der Waals surface area contributed by atoms with E-state index >= 15 is 0 Å². The van der Waals surface area contributed by atoms with Crippen LogP contribution >= 0.6 is 11.3 Å². The third-order valence-electron chi connectivity index (χ3n) is 4.37. The third kappa shape index (κ3) is 3.98. The number of hydrogen-bond acceptors (Lipinski definition) is 6. The van der Waals surface area contributed by atoms with Crippen molar-refractivity contribution in [1.82, 2.24) is 15.0 Å². The highest BCUT2D eigenvalue weighted by Gasteiger charge is 2.16. The molecule has 0 aliphatic heterocycles. The predicted molar refractivity (Wildman–Crippen MR) is 102 cm³/mol. The van der Waals surface area contributed by atoms with Gasteiger partial charge in [-0.15, -0.1) is 11.3 Å². The molecule has 0 atom stereocenters. The van der Waals surface area contributed by atoms with Gasteiger partial charge in [0.15, 0.2) is 0 Å². The Bertz CT molecular complexity index is 818. The average molecular weight is 356 g/mol. The van der Waals surface area contributed by atoms with Gasteiger partial charge in [-0.05, 0) is 37.2 Å². The summed E-state index contributed by atoms with van der Waals surface area (Å²) < 4.78 is 5.50. The fraction of sp³-hybridized carbons (Fsp3) is 0.368. The molecule has 6 heteroatoms. The minimum Gasteiger partial charge on any atom is -0.333 e. The smallest absolute Gasteiger partial charge is 0.268 e. The van der Waals surface area contributed by atoms with Gasteiger partial charge in [0.25, 0.3) is 5.89 Å². The lowest BCUT2D eigenvalue weighted by molar-refractivity contribution is 0.298. The summed E-state index contributed by atoms with van der Waals surface area (Å²) in [5.74, 6) is 1.19. The zero-order valence-corrected chi connectivity index (χ0v) is 15.8. The SMILES string of the molecule is CCN(CC)Cc1sc(-c2nc(-c3ccc(CN)cc3)no2)cc1C. The monoisotopic (exact) mass is 356 g/mol. The number of nitrogens with two attached hydrogens (primary N) is 1. The number of aromatic nitrogens is 2. The van der Waals surface area contributed by atoms with E-state index < -0.39 is 0 Å². The Morgan fingerprint density at radius 2 is 1.88 bits per heavy atom. The summed E-state index contributed by atoms with van der Waals surface area (Å²) in [6.07, 6.45) is 0. The topological polar surface area (TPSA) is 68.2 Å². The van der Waals surface area contributed by atoms with Crippen molar-refractivity contribution in [3.8, 4) is 22.2 Å². The van der Waals surface area contributed by atoms with Crippen molar-refractivity contribution < 1.29 is 4.52 Å². The Morgan fingerprint density at radius 3 is 2.52 bits per heavy atom. The zero-order valence-electron chi connectivity index (χ0n) is 15.0. The molecule has 5 nitrogen and oxygen atoms in total. The molecular weight excluding hydrogens is 332 g/mol. The molecule has 0 saturated heterocycles. The van der Waals surface area contributed by atoms with Gasteiger partial charge in [-0.25, -0.2) is 0 Å². The van der Waals surface area contributed by atoms with E-state index in [1.165, 1.54) is 10.4 Å². The summed E-state index contributed by atoms with van der Waals surface area (Å²) in [5.41, 5.74) is 8.93. The van der Waals surface area contributed by atoms with Gasteiger partial charge in [0.1, 0.15) is 0 Å². The summed E-state index contributed by atoms with van der Waals surface area (Å²) in [4.78, 5) is 9.35. The van der Waals surface area contributed by atoms with E-state index in [0.717, 1.165) is 35.6 Å². The summed E-state index contributed by atoms with van der Waals surface area (Å²) >= 11 is 1.73. The van der Waals surface area contributed by atoms with Crippen LogP contribution in [-0.4, -0.2) is 28.1 Å². The van der Waals surface area contributed by atoms with Crippen LogP contribution in [0.25, 0.3) is 22.2 Å². The summed E-state index contributed by atoms with van der Waals surface area (Å²) in [6.45, 7) is 10.1. The van der Waals surface area contributed by atoms with Crippen LogP contribution in [0.5, 0.6) is 0 Å². The van der Waals surface area contributed by atoms with Crippen LogP contribution in [0.4, 0.5) is 0 Å². The number of benzene rings is 1. The van der Waals surface area contributed by atoms with Gasteiger partial charge >= 0.3 is 0 Å². The van der Waals surface area contributed by atoms with Gasteiger partial charge < -0.3 is 10.3 Å². The largest absolute Gasteiger partial charge is 0.333 e. The van der Waals surface area contributed by atoms with Crippen molar-refractivity contribution in [3.63, 3.8) is 0 Å². The lowest BCUT2D eigenvalue weighted by Gasteiger charge is -2.17. The second-order valence-electron chi connectivity index (χ2n) is 6.00. The van der Waals surface area contributed by atoms with Crippen molar-refractivity contribution in [2.75, 3.05) is 13.1 Å². The molecule has 0 radical (unpaired) electrons. The molecule has 0 unspecified atom stereocenters. The summed E-state index contributed by atoms with van der Waals surface area (Å²) in [6, 6.07) is 10.1. The number of nitrogens with zero attached hydrogens (tertiary/aromatic N) is 3. The molecule has 0 bridgehead atoms. The normalized spacial score (nSPS) is 11.4. The van der Waals surface area contributed by atoms with Crippen molar-refractivity contribution >= 4 is 11.3 Å². The van der Waals surface area contributed by atoms with Crippen LogP contribution < -0.4 is 5.73 Å². The van der Waals surface area contributed by atoms with Crippen LogP contribution in [0, 0.1) is 6.92 Å². The summed E-state index contributed by atoms with van der Waals surface area (Å²) in [7, 11) is 0. The fourth-order valence-electron chi connectivity index (χ4n) is 2.66. The van der Waals surface area contributed by atoms with Gasteiger partial charge in [-0.2, -0.15) is 4.98 Å². The van der Waals surface area contributed by atoms with Gasteiger partial charge in [-0.1, -0.05) is 43.3 Å². The molecule has 3 rings (SSSR count). The van der Waals surface area contributed by atoms with Crippen molar-refractivity contribution in [2.45, 2.75) is 33.9 Å². The van der Waals surface area contributed by atoms with E-state index in [4.69, 9.17) is 10.3 Å². The molecule has 0 amide bonds. The molecular formula is C19H24N4OS. The third-order valence-corrected chi connectivity index (χ3v) is 5.58. The highest BCUT2D eigenvalue weighted by Crippen LogP contribution is 2.32. The molecule has 2 N–H and O–H groups in total. The highest BCUT2D eigenvalue weighted by molar-refractivity contribution is 7.15. The molecule has 25 heavy (non-hydrogen) atoms. The highest BCUT2D eigenvalue weighted by atomic mass is 32.1. The van der Waals surface area contributed by atoms with Crippen molar-refractivity contribution in [2.24, 2.45) is 5.73 Å². The molecule has 132 valence electrons. The Hall–Kier alpha value is -2.02.